The zero-order valence-electron chi connectivity index (χ0n) is 18.1. The highest BCUT2D eigenvalue weighted by atomic mass is 16.5. The Kier molecular flexibility index (Phi) is 7.85. The molecule has 2 fully saturated rings. The quantitative estimate of drug-likeness (QED) is 0.809. The fourth-order valence-corrected chi connectivity index (χ4v) is 4.62. The zero-order chi connectivity index (χ0) is 21.5. The van der Waals surface area contributed by atoms with Crippen LogP contribution in [-0.2, 0) is 25.5 Å². The van der Waals surface area contributed by atoms with E-state index < -0.39 is 0 Å². The van der Waals surface area contributed by atoms with Crippen molar-refractivity contribution < 1.29 is 19.1 Å². The third-order valence-corrected chi connectivity index (χ3v) is 6.14. The van der Waals surface area contributed by atoms with E-state index in [0.717, 1.165) is 36.8 Å². The Hall–Kier alpha value is -2.41. The molecule has 1 N–H and O–H groups in total. The topological polar surface area (TPSA) is 79.0 Å². The number of carbonyl (C=O) groups is 3. The van der Waals surface area contributed by atoms with Gasteiger partial charge < -0.3 is 19.9 Å². The van der Waals surface area contributed by atoms with E-state index in [1.165, 1.54) is 7.11 Å². The van der Waals surface area contributed by atoms with Crippen LogP contribution in [0, 0.1) is 12.8 Å². The third-order valence-electron chi connectivity index (χ3n) is 6.14. The summed E-state index contributed by atoms with van der Waals surface area (Å²) in [6.45, 7) is 3.76. The molecule has 1 aromatic rings. The summed E-state index contributed by atoms with van der Waals surface area (Å²) in [5.41, 5.74) is 2.09. The molecule has 0 spiro atoms. The van der Waals surface area contributed by atoms with Crippen molar-refractivity contribution in [3.63, 3.8) is 0 Å². The molecule has 2 atom stereocenters. The number of rotatable bonds is 4. The standard InChI is InChI=1S/C23H33N3O4/c1-17-6-5-7-18(14-17)15-21(27)25-11-10-24-23(29)19-8-3-4-9-20(19)26(13-12-25)22(28)16-30-2/h5-7,14,19-20H,3-4,8-13,15-16H2,1-2H3,(H,24,29). The van der Waals surface area contributed by atoms with Crippen LogP contribution in [0.4, 0.5) is 0 Å². The van der Waals surface area contributed by atoms with Crippen molar-refractivity contribution in [1.82, 2.24) is 15.1 Å². The Morgan fingerprint density at radius 2 is 1.93 bits per heavy atom. The minimum atomic E-state index is -0.186. The van der Waals surface area contributed by atoms with Crippen molar-refractivity contribution >= 4 is 17.7 Å². The molecule has 164 valence electrons. The van der Waals surface area contributed by atoms with Crippen molar-refractivity contribution in [1.29, 1.82) is 0 Å². The average Bonchev–Trinajstić information content (AvgIpc) is 2.72. The van der Waals surface area contributed by atoms with Crippen LogP contribution < -0.4 is 5.32 Å². The lowest BCUT2D eigenvalue weighted by Crippen LogP contribution is -2.56. The van der Waals surface area contributed by atoms with E-state index in [-0.39, 0.29) is 36.3 Å². The summed E-state index contributed by atoms with van der Waals surface area (Å²) in [6.07, 6.45) is 3.92. The van der Waals surface area contributed by atoms with Crippen LogP contribution >= 0.6 is 0 Å². The Balaban J connectivity index is 1.76. The van der Waals surface area contributed by atoms with Crippen LogP contribution in [-0.4, -0.2) is 73.5 Å². The highest BCUT2D eigenvalue weighted by molar-refractivity contribution is 5.83. The molecule has 30 heavy (non-hydrogen) atoms. The van der Waals surface area contributed by atoms with Crippen molar-refractivity contribution in [2.75, 3.05) is 39.9 Å². The van der Waals surface area contributed by atoms with Gasteiger partial charge in [0.05, 0.1) is 12.3 Å². The first-order chi connectivity index (χ1) is 14.5. The molecule has 1 heterocycles. The van der Waals surface area contributed by atoms with Crippen LogP contribution in [0.15, 0.2) is 24.3 Å². The van der Waals surface area contributed by atoms with Crippen molar-refractivity contribution in [2.24, 2.45) is 5.92 Å². The number of nitrogens with zero attached hydrogens (tertiary/aromatic N) is 2. The first-order valence-electron chi connectivity index (χ1n) is 10.9. The van der Waals surface area contributed by atoms with E-state index in [9.17, 15) is 14.4 Å². The maximum Gasteiger partial charge on any atom is 0.248 e. The number of carbonyl (C=O) groups excluding carboxylic acids is 3. The lowest BCUT2D eigenvalue weighted by Gasteiger charge is -2.41. The third kappa shape index (κ3) is 5.59. The summed E-state index contributed by atoms with van der Waals surface area (Å²) in [6, 6.07) is 7.80. The van der Waals surface area contributed by atoms with Crippen molar-refractivity contribution in [3.8, 4) is 0 Å². The highest BCUT2D eigenvalue weighted by Crippen LogP contribution is 2.29. The van der Waals surface area contributed by atoms with Gasteiger partial charge in [-0.25, -0.2) is 0 Å². The maximum absolute atomic E-state index is 13.0. The van der Waals surface area contributed by atoms with Gasteiger partial charge in [0.15, 0.2) is 0 Å². The summed E-state index contributed by atoms with van der Waals surface area (Å²) in [5.74, 6) is -0.305. The van der Waals surface area contributed by atoms with Gasteiger partial charge in [-0.15, -0.1) is 0 Å². The molecule has 7 nitrogen and oxygen atoms in total. The molecule has 0 bridgehead atoms. The minimum absolute atomic E-state index is 0.00903. The smallest absolute Gasteiger partial charge is 0.248 e. The largest absolute Gasteiger partial charge is 0.375 e. The lowest BCUT2D eigenvalue weighted by molar-refractivity contribution is -0.144. The van der Waals surface area contributed by atoms with Gasteiger partial charge in [0.1, 0.15) is 6.61 Å². The molecule has 1 saturated carbocycles. The molecule has 1 aromatic carbocycles. The molecule has 0 radical (unpaired) electrons. The van der Waals surface area contributed by atoms with Gasteiger partial charge in [0.2, 0.25) is 17.7 Å². The molecule has 3 amide bonds. The Labute approximate surface area is 178 Å². The number of amides is 3. The number of nitrogens with one attached hydrogen (secondary N) is 1. The van der Waals surface area contributed by atoms with Gasteiger partial charge in [0, 0.05) is 39.3 Å². The average molecular weight is 416 g/mol. The lowest BCUT2D eigenvalue weighted by atomic mass is 9.82. The predicted molar refractivity (Wildman–Crippen MR) is 114 cm³/mol. The van der Waals surface area contributed by atoms with E-state index in [1.807, 2.05) is 31.2 Å². The van der Waals surface area contributed by atoms with Gasteiger partial charge in [-0.2, -0.15) is 0 Å². The normalized spacial score (nSPS) is 22.8. The molecule has 7 heteroatoms. The maximum atomic E-state index is 13.0. The van der Waals surface area contributed by atoms with E-state index in [0.29, 0.717) is 32.6 Å². The van der Waals surface area contributed by atoms with Crippen LogP contribution in [0.3, 0.4) is 0 Å². The SMILES string of the molecule is COCC(=O)N1CCN(C(=O)Cc2cccc(C)c2)CCNC(=O)C2CCCCC21. The van der Waals surface area contributed by atoms with Crippen molar-refractivity contribution in [3.05, 3.63) is 35.4 Å². The molecular formula is C23H33N3O4. The van der Waals surface area contributed by atoms with Crippen LogP contribution in [0.2, 0.25) is 0 Å². The number of hydrogen-bond acceptors (Lipinski definition) is 4. The van der Waals surface area contributed by atoms with Crippen LogP contribution in [0.25, 0.3) is 0 Å². The van der Waals surface area contributed by atoms with Crippen LogP contribution in [0.5, 0.6) is 0 Å². The zero-order valence-corrected chi connectivity index (χ0v) is 18.1. The predicted octanol–water partition coefficient (Wildman–Crippen LogP) is 1.53. The van der Waals surface area contributed by atoms with Gasteiger partial charge in [-0.3, -0.25) is 14.4 Å². The number of benzene rings is 1. The number of aryl methyl sites for hydroxylation is 1. The number of methoxy groups -OCH3 is 1. The molecule has 1 aliphatic heterocycles. The molecular weight excluding hydrogens is 382 g/mol. The first kappa shape index (κ1) is 22.3. The van der Waals surface area contributed by atoms with Gasteiger partial charge in [-0.1, -0.05) is 42.7 Å². The molecule has 2 unspecified atom stereocenters. The molecule has 1 saturated heterocycles. The molecule has 1 aliphatic carbocycles. The van der Waals surface area contributed by atoms with Gasteiger partial charge in [0.25, 0.3) is 0 Å². The van der Waals surface area contributed by atoms with E-state index in [2.05, 4.69) is 5.32 Å². The summed E-state index contributed by atoms with van der Waals surface area (Å²) >= 11 is 0. The Morgan fingerprint density at radius 1 is 1.13 bits per heavy atom. The fourth-order valence-electron chi connectivity index (χ4n) is 4.62. The summed E-state index contributed by atoms with van der Waals surface area (Å²) < 4.78 is 5.08. The summed E-state index contributed by atoms with van der Waals surface area (Å²) in [7, 11) is 1.50. The monoisotopic (exact) mass is 415 g/mol. The fraction of sp³-hybridized carbons (Fsp3) is 0.609. The highest BCUT2D eigenvalue weighted by Gasteiger charge is 2.37. The van der Waals surface area contributed by atoms with E-state index in [1.54, 1.807) is 9.80 Å². The molecule has 3 rings (SSSR count). The number of ether oxygens (including phenoxy) is 1. The second-order valence-electron chi connectivity index (χ2n) is 8.32. The Bertz CT molecular complexity index is 767. The summed E-state index contributed by atoms with van der Waals surface area (Å²) in [4.78, 5) is 42.1. The second-order valence-corrected chi connectivity index (χ2v) is 8.32. The Morgan fingerprint density at radius 3 is 2.70 bits per heavy atom. The first-order valence-corrected chi connectivity index (χ1v) is 10.9. The van der Waals surface area contributed by atoms with Gasteiger partial charge in [-0.05, 0) is 25.3 Å². The molecule has 2 aliphatic rings. The second kappa shape index (κ2) is 10.6. The summed E-state index contributed by atoms with van der Waals surface area (Å²) in [5, 5.41) is 3.00. The number of fused-ring (bicyclic) bond motifs is 1. The number of hydrogen-bond donors (Lipinski definition) is 1. The molecule has 0 aromatic heterocycles. The van der Waals surface area contributed by atoms with Gasteiger partial charge >= 0.3 is 0 Å². The van der Waals surface area contributed by atoms with Crippen molar-refractivity contribution in [2.45, 2.75) is 45.1 Å². The van der Waals surface area contributed by atoms with E-state index in [4.69, 9.17) is 4.74 Å². The van der Waals surface area contributed by atoms with E-state index >= 15 is 0 Å². The van der Waals surface area contributed by atoms with Crippen LogP contribution in [0.1, 0.15) is 36.8 Å². The minimum Gasteiger partial charge on any atom is -0.375 e.